The minimum Gasteiger partial charge on any atom is -0.497 e. The van der Waals surface area contributed by atoms with Crippen molar-refractivity contribution in [1.82, 2.24) is 10.2 Å². The van der Waals surface area contributed by atoms with Gasteiger partial charge in [-0.3, -0.25) is 9.69 Å². The molecule has 1 amide bonds. The fraction of sp³-hybridized carbons (Fsp3) is 0.435. The van der Waals surface area contributed by atoms with Crippen LogP contribution in [0.25, 0.3) is 0 Å². The summed E-state index contributed by atoms with van der Waals surface area (Å²) in [6, 6.07) is 15.8. The molecule has 1 aliphatic rings. The Bertz CT molecular complexity index is 755. The van der Waals surface area contributed by atoms with Crippen LogP contribution in [0.5, 0.6) is 11.5 Å². The van der Waals surface area contributed by atoms with Crippen molar-refractivity contribution >= 4 is 5.91 Å². The lowest BCUT2D eigenvalue weighted by atomic mass is 10.0. The lowest BCUT2D eigenvalue weighted by Gasteiger charge is -2.35. The second-order valence-electron chi connectivity index (χ2n) is 7.00. The summed E-state index contributed by atoms with van der Waals surface area (Å²) < 4.78 is 16.2. The molecule has 1 atom stereocenters. The number of hydrogen-bond donors (Lipinski definition) is 1. The maximum atomic E-state index is 12.5. The Kier molecular flexibility index (Phi) is 7.90. The van der Waals surface area contributed by atoms with E-state index in [0.29, 0.717) is 32.8 Å². The van der Waals surface area contributed by atoms with E-state index in [1.165, 1.54) is 0 Å². The number of amides is 1. The molecule has 1 fully saturated rings. The first-order valence-electron chi connectivity index (χ1n) is 10.1. The van der Waals surface area contributed by atoms with E-state index in [0.717, 1.165) is 35.7 Å². The number of hydrogen-bond acceptors (Lipinski definition) is 5. The Labute approximate surface area is 172 Å². The summed E-state index contributed by atoms with van der Waals surface area (Å²) in [5.74, 6) is 1.67. The molecule has 3 rings (SSSR count). The minimum absolute atomic E-state index is 0.0148. The predicted molar refractivity (Wildman–Crippen MR) is 112 cm³/mol. The molecule has 0 bridgehead atoms. The molecule has 0 unspecified atom stereocenters. The highest BCUT2D eigenvalue weighted by Crippen LogP contribution is 2.23. The van der Waals surface area contributed by atoms with Crippen LogP contribution >= 0.6 is 0 Å². The summed E-state index contributed by atoms with van der Waals surface area (Å²) in [4.78, 5) is 14.9. The second kappa shape index (κ2) is 10.8. The number of carbonyl (C=O) groups excluding carboxylic acids is 1. The Morgan fingerprint density at radius 2 is 1.72 bits per heavy atom. The fourth-order valence-electron chi connectivity index (χ4n) is 3.50. The molecular weight excluding hydrogens is 368 g/mol. The van der Waals surface area contributed by atoms with Gasteiger partial charge in [0.2, 0.25) is 5.91 Å². The third kappa shape index (κ3) is 6.21. The summed E-state index contributed by atoms with van der Waals surface area (Å²) in [7, 11) is 1.66. The number of nitrogens with one attached hydrogen (secondary N) is 1. The van der Waals surface area contributed by atoms with Gasteiger partial charge in [0.1, 0.15) is 11.5 Å². The van der Waals surface area contributed by atoms with Gasteiger partial charge in [0.05, 0.1) is 39.4 Å². The summed E-state index contributed by atoms with van der Waals surface area (Å²) in [6.45, 7) is 6.28. The molecule has 6 heteroatoms. The second-order valence-corrected chi connectivity index (χ2v) is 7.00. The molecular formula is C23H30N2O4. The summed E-state index contributed by atoms with van der Waals surface area (Å²) in [5.41, 5.74) is 2.13. The van der Waals surface area contributed by atoms with Crippen molar-refractivity contribution < 1.29 is 19.0 Å². The zero-order valence-corrected chi connectivity index (χ0v) is 17.2. The Morgan fingerprint density at radius 3 is 2.34 bits per heavy atom. The predicted octanol–water partition coefficient (Wildman–Crippen LogP) is 2.83. The first-order chi connectivity index (χ1) is 14.2. The van der Waals surface area contributed by atoms with Crippen molar-refractivity contribution in [3.63, 3.8) is 0 Å². The van der Waals surface area contributed by atoms with E-state index < -0.39 is 0 Å². The monoisotopic (exact) mass is 398 g/mol. The largest absolute Gasteiger partial charge is 0.497 e. The van der Waals surface area contributed by atoms with Gasteiger partial charge in [0.15, 0.2) is 0 Å². The maximum absolute atomic E-state index is 12.5. The van der Waals surface area contributed by atoms with E-state index in [1.54, 1.807) is 7.11 Å². The average molecular weight is 399 g/mol. The maximum Gasteiger partial charge on any atom is 0.224 e. The molecule has 1 heterocycles. The molecule has 1 N–H and O–H groups in total. The standard InChI is InChI=1S/C23H30N2O4/c1-3-29-21-8-4-18(5-9-21)16-23(26)24-17-22(25-12-14-28-15-13-25)19-6-10-20(27-2)11-7-19/h4-11,22H,3,12-17H2,1-2H3,(H,24,26)/t22-/m0/s1. The Balaban J connectivity index is 1.61. The van der Waals surface area contributed by atoms with Gasteiger partial charge in [-0.1, -0.05) is 24.3 Å². The van der Waals surface area contributed by atoms with E-state index in [4.69, 9.17) is 14.2 Å². The van der Waals surface area contributed by atoms with Crippen LogP contribution in [0.15, 0.2) is 48.5 Å². The lowest BCUT2D eigenvalue weighted by molar-refractivity contribution is -0.120. The summed E-state index contributed by atoms with van der Waals surface area (Å²) >= 11 is 0. The number of methoxy groups -OCH3 is 1. The summed E-state index contributed by atoms with van der Waals surface area (Å²) in [6.07, 6.45) is 0.352. The minimum atomic E-state index is 0.0148. The normalized spacial score (nSPS) is 15.5. The smallest absolute Gasteiger partial charge is 0.224 e. The number of rotatable bonds is 9. The molecule has 0 radical (unpaired) electrons. The van der Waals surface area contributed by atoms with Crippen LogP contribution < -0.4 is 14.8 Å². The number of morpholine rings is 1. The van der Waals surface area contributed by atoms with E-state index in [1.807, 2.05) is 43.3 Å². The molecule has 2 aromatic rings. The molecule has 2 aromatic carbocycles. The van der Waals surface area contributed by atoms with Gasteiger partial charge in [0, 0.05) is 19.6 Å². The van der Waals surface area contributed by atoms with Gasteiger partial charge in [-0.15, -0.1) is 0 Å². The van der Waals surface area contributed by atoms with Gasteiger partial charge < -0.3 is 19.5 Å². The highest BCUT2D eigenvalue weighted by molar-refractivity contribution is 5.78. The lowest BCUT2D eigenvalue weighted by Crippen LogP contribution is -2.44. The van der Waals surface area contributed by atoms with Crippen molar-refractivity contribution in [2.75, 3.05) is 46.6 Å². The fourth-order valence-corrected chi connectivity index (χ4v) is 3.50. The molecule has 0 aromatic heterocycles. The van der Waals surface area contributed by atoms with Crippen LogP contribution in [-0.4, -0.2) is 57.4 Å². The van der Waals surface area contributed by atoms with E-state index >= 15 is 0 Å². The van der Waals surface area contributed by atoms with Gasteiger partial charge in [-0.25, -0.2) is 0 Å². The van der Waals surface area contributed by atoms with Crippen LogP contribution in [0.3, 0.4) is 0 Å². The first kappa shape index (κ1) is 21.1. The quantitative estimate of drug-likeness (QED) is 0.704. The highest BCUT2D eigenvalue weighted by atomic mass is 16.5. The van der Waals surface area contributed by atoms with Gasteiger partial charge in [-0.2, -0.15) is 0 Å². The van der Waals surface area contributed by atoms with E-state index in [2.05, 4.69) is 22.3 Å². The molecule has 1 aliphatic heterocycles. The van der Waals surface area contributed by atoms with E-state index in [9.17, 15) is 4.79 Å². The van der Waals surface area contributed by atoms with Crippen molar-refractivity contribution in [2.24, 2.45) is 0 Å². The third-order valence-electron chi connectivity index (χ3n) is 5.08. The average Bonchev–Trinajstić information content (AvgIpc) is 2.77. The number of carbonyl (C=O) groups is 1. The first-order valence-corrected chi connectivity index (χ1v) is 10.1. The third-order valence-corrected chi connectivity index (χ3v) is 5.08. The highest BCUT2D eigenvalue weighted by Gasteiger charge is 2.23. The zero-order valence-electron chi connectivity index (χ0n) is 17.2. The molecule has 156 valence electrons. The van der Waals surface area contributed by atoms with Crippen LogP contribution in [-0.2, 0) is 16.0 Å². The topological polar surface area (TPSA) is 60.0 Å². The molecule has 1 saturated heterocycles. The molecule has 0 saturated carbocycles. The van der Waals surface area contributed by atoms with Gasteiger partial charge in [0.25, 0.3) is 0 Å². The van der Waals surface area contributed by atoms with Crippen molar-refractivity contribution in [3.8, 4) is 11.5 Å². The van der Waals surface area contributed by atoms with Crippen molar-refractivity contribution in [3.05, 3.63) is 59.7 Å². The molecule has 6 nitrogen and oxygen atoms in total. The number of ether oxygens (including phenoxy) is 3. The van der Waals surface area contributed by atoms with Crippen molar-refractivity contribution in [2.45, 2.75) is 19.4 Å². The van der Waals surface area contributed by atoms with Crippen LogP contribution in [0.2, 0.25) is 0 Å². The van der Waals surface area contributed by atoms with Crippen LogP contribution in [0.4, 0.5) is 0 Å². The van der Waals surface area contributed by atoms with Crippen LogP contribution in [0.1, 0.15) is 24.1 Å². The number of benzene rings is 2. The van der Waals surface area contributed by atoms with Crippen LogP contribution in [0, 0.1) is 0 Å². The van der Waals surface area contributed by atoms with Gasteiger partial charge >= 0.3 is 0 Å². The Morgan fingerprint density at radius 1 is 1.07 bits per heavy atom. The Hall–Kier alpha value is -2.57. The SMILES string of the molecule is CCOc1ccc(CC(=O)NC[C@@H](c2ccc(OC)cc2)N2CCOCC2)cc1. The van der Waals surface area contributed by atoms with Crippen molar-refractivity contribution in [1.29, 1.82) is 0 Å². The molecule has 29 heavy (non-hydrogen) atoms. The number of nitrogens with zero attached hydrogens (tertiary/aromatic N) is 1. The van der Waals surface area contributed by atoms with Gasteiger partial charge in [-0.05, 0) is 42.3 Å². The molecule has 0 aliphatic carbocycles. The summed E-state index contributed by atoms with van der Waals surface area (Å²) in [5, 5.41) is 3.11. The van der Waals surface area contributed by atoms with E-state index in [-0.39, 0.29) is 11.9 Å². The molecule has 0 spiro atoms. The zero-order chi connectivity index (χ0) is 20.5.